The van der Waals surface area contributed by atoms with Crippen LogP contribution in [0.15, 0.2) is 152 Å². The maximum Gasteiger partial charge on any atom is 0.0227 e. The molecule has 50 heavy (non-hydrogen) atoms. The number of rotatable bonds is 5. The van der Waals surface area contributed by atoms with Crippen LogP contribution >= 0.6 is 0 Å². The molecule has 0 aliphatic heterocycles. The van der Waals surface area contributed by atoms with Crippen molar-refractivity contribution in [2.75, 3.05) is 0 Å². The highest BCUT2D eigenvalue weighted by atomic mass is 14.4. The topological polar surface area (TPSA) is 0 Å². The van der Waals surface area contributed by atoms with Crippen LogP contribution in [0.4, 0.5) is 0 Å². The largest absolute Gasteiger partial charge is 0.0619 e. The van der Waals surface area contributed by atoms with Crippen molar-refractivity contribution in [2.45, 2.75) is 51.9 Å². The number of fused-ring (bicyclic) bond motifs is 6. The van der Waals surface area contributed by atoms with Crippen molar-refractivity contribution in [3.8, 4) is 55.6 Å². The van der Waals surface area contributed by atoms with Crippen LogP contribution in [-0.2, 0) is 17.3 Å². The lowest BCUT2D eigenvalue weighted by Gasteiger charge is -2.29. The van der Waals surface area contributed by atoms with Crippen molar-refractivity contribution in [1.82, 2.24) is 0 Å². The first-order chi connectivity index (χ1) is 24.2. The molecule has 0 saturated carbocycles. The summed E-state index contributed by atoms with van der Waals surface area (Å²) in [5.41, 5.74) is 22.7. The Balaban J connectivity index is 1.06. The highest BCUT2D eigenvalue weighted by Gasteiger charge is 2.41. The molecule has 0 N–H and O–H groups in total. The molecule has 1 unspecified atom stereocenters. The smallest absolute Gasteiger partial charge is 0.0227 e. The Bertz CT molecular complexity index is 2440. The van der Waals surface area contributed by atoms with Gasteiger partial charge in [0, 0.05) is 10.8 Å². The van der Waals surface area contributed by atoms with Crippen LogP contribution in [0.2, 0.25) is 0 Å². The first kappa shape index (κ1) is 30.6. The number of hydrogen-bond donors (Lipinski definition) is 0. The van der Waals surface area contributed by atoms with Crippen molar-refractivity contribution in [2.24, 2.45) is 0 Å². The summed E-state index contributed by atoms with van der Waals surface area (Å²) in [5.74, 6) is 0. The van der Waals surface area contributed by atoms with Crippen LogP contribution in [0, 0.1) is 13.8 Å². The van der Waals surface area contributed by atoms with Gasteiger partial charge in [-0.15, -0.1) is 0 Å². The van der Waals surface area contributed by atoms with Gasteiger partial charge in [-0.2, -0.15) is 0 Å². The summed E-state index contributed by atoms with van der Waals surface area (Å²) in [6.07, 6.45) is 0.944. The quantitative estimate of drug-likeness (QED) is 0.175. The molecule has 2 aliphatic rings. The maximum atomic E-state index is 2.45. The number of benzene rings is 7. The standard InChI is InChI=1S/C50H42/c1-32-17-20-36(21-18-32)40-13-10-16-47-48(40)42-12-7-9-15-46(42)50(47,5)31-39-29-37(22-19-33(39)2)34-23-25-35(26-24-34)38-27-28-45-43(30-38)41-11-6-8-14-44(41)49(45,3)4/h6-30H,31H2,1-5H3. The molecule has 0 spiro atoms. The summed E-state index contributed by atoms with van der Waals surface area (Å²) < 4.78 is 0. The highest BCUT2D eigenvalue weighted by Crippen LogP contribution is 2.54. The van der Waals surface area contributed by atoms with Gasteiger partial charge < -0.3 is 0 Å². The minimum Gasteiger partial charge on any atom is -0.0619 e. The number of aryl methyl sites for hydroxylation is 2. The van der Waals surface area contributed by atoms with Gasteiger partial charge in [0.05, 0.1) is 0 Å². The van der Waals surface area contributed by atoms with Gasteiger partial charge in [0.2, 0.25) is 0 Å². The van der Waals surface area contributed by atoms with Crippen LogP contribution in [0.1, 0.15) is 59.7 Å². The Kier molecular flexibility index (Phi) is 6.91. The molecule has 0 amide bonds. The molecule has 7 aromatic rings. The fraction of sp³-hybridized carbons (Fsp3) is 0.160. The summed E-state index contributed by atoms with van der Waals surface area (Å²) in [4.78, 5) is 0. The lowest BCUT2D eigenvalue weighted by atomic mass is 9.74. The van der Waals surface area contributed by atoms with E-state index in [-0.39, 0.29) is 10.8 Å². The molecule has 0 aromatic heterocycles. The zero-order valence-electron chi connectivity index (χ0n) is 29.6. The molecule has 0 nitrogen and oxygen atoms in total. The Morgan fingerprint density at radius 2 is 0.940 bits per heavy atom. The molecular weight excluding hydrogens is 601 g/mol. The molecule has 0 heterocycles. The van der Waals surface area contributed by atoms with Gasteiger partial charge in [0.15, 0.2) is 0 Å². The van der Waals surface area contributed by atoms with Gasteiger partial charge in [0.1, 0.15) is 0 Å². The summed E-state index contributed by atoms with van der Waals surface area (Å²) in [5, 5.41) is 0. The van der Waals surface area contributed by atoms with Gasteiger partial charge in [-0.3, -0.25) is 0 Å². The third-order valence-electron chi connectivity index (χ3n) is 11.8. The molecule has 242 valence electrons. The van der Waals surface area contributed by atoms with Crippen LogP contribution < -0.4 is 0 Å². The van der Waals surface area contributed by atoms with E-state index in [1.54, 1.807) is 0 Å². The SMILES string of the molecule is Cc1ccc(-c2cccc3c2-c2ccccc2C3(C)Cc2cc(-c3ccc(-c4ccc5c(c4)-c4ccccc4C5(C)C)cc3)ccc2C)cc1. The van der Waals surface area contributed by atoms with Crippen molar-refractivity contribution in [3.05, 3.63) is 191 Å². The Morgan fingerprint density at radius 1 is 0.400 bits per heavy atom. The second-order valence-corrected chi connectivity index (χ2v) is 15.3. The van der Waals surface area contributed by atoms with E-state index in [9.17, 15) is 0 Å². The zero-order valence-corrected chi connectivity index (χ0v) is 29.6. The van der Waals surface area contributed by atoms with Crippen LogP contribution in [0.3, 0.4) is 0 Å². The van der Waals surface area contributed by atoms with Gasteiger partial charge in [-0.25, -0.2) is 0 Å². The van der Waals surface area contributed by atoms with E-state index < -0.39 is 0 Å². The molecule has 1 atom stereocenters. The average Bonchev–Trinajstić information content (AvgIpc) is 3.53. The highest BCUT2D eigenvalue weighted by molar-refractivity contribution is 5.93. The van der Waals surface area contributed by atoms with Gasteiger partial charge in [-0.05, 0) is 115 Å². The first-order valence-electron chi connectivity index (χ1n) is 18.0. The van der Waals surface area contributed by atoms with Gasteiger partial charge in [-0.1, -0.05) is 172 Å². The van der Waals surface area contributed by atoms with Gasteiger partial charge >= 0.3 is 0 Å². The molecule has 2 aliphatic carbocycles. The molecule has 9 rings (SSSR count). The van der Waals surface area contributed by atoms with E-state index >= 15 is 0 Å². The van der Waals surface area contributed by atoms with Gasteiger partial charge in [0.25, 0.3) is 0 Å². The summed E-state index contributed by atoms with van der Waals surface area (Å²) in [6.45, 7) is 11.6. The molecular formula is C50H42. The third-order valence-corrected chi connectivity index (χ3v) is 11.8. The predicted molar refractivity (Wildman–Crippen MR) is 212 cm³/mol. The molecule has 0 saturated heterocycles. The normalized spacial score (nSPS) is 16.4. The van der Waals surface area contributed by atoms with E-state index in [4.69, 9.17) is 0 Å². The van der Waals surface area contributed by atoms with Crippen molar-refractivity contribution in [3.63, 3.8) is 0 Å². The summed E-state index contributed by atoms with van der Waals surface area (Å²) >= 11 is 0. The lowest BCUT2D eigenvalue weighted by molar-refractivity contribution is 0.581. The van der Waals surface area contributed by atoms with E-state index in [1.165, 1.54) is 94.6 Å². The first-order valence-corrected chi connectivity index (χ1v) is 18.0. The molecule has 0 radical (unpaired) electrons. The van der Waals surface area contributed by atoms with E-state index in [1.807, 2.05) is 0 Å². The molecule has 0 bridgehead atoms. The van der Waals surface area contributed by atoms with Crippen LogP contribution in [0.5, 0.6) is 0 Å². The van der Waals surface area contributed by atoms with E-state index in [2.05, 4.69) is 186 Å². The second-order valence-electron chi connectivity index (χ2n) is 15.3. The lowest BCUT2D eigenvalue weighted by Crippen LogP contribution is -2.24. The summed E-state index contributed by atoms with van der Waals surface area (Å²) in [6, 6.07) is 57.1. The Hall–Kier alpha value is -5.46. The predicted octanol–water partition coefficient (Wildman–Crippen LogP) is 13.1. The van der Waals surface area contributed by atoms with Crippen LogP contribution in [0.25, 0.3) is 55.6 Å². The minimum atomic E-state index is -0.138. The van der Waals surface area contributed by atoms with Crippen molar-refractivity contribution < 1.29 is 0 Å². The zero-order chi connectivity index (χ0) is 34.2. The fourth-order valence-corrected chi connectivity index (χ4v) is 8.97. The van der Waals surface area contributed by atoms with E-state index in [0.717, 1.165) is 6.42 Å². The minimum absolute atomic E-state index is 0.0283. The second kappa shape index (κ2) is 11.3. The average molecular weight is 643 g/mol. The Labute approximate surface area is 297 Å². The summed E-state index contributed by atoms with van der Waals surface area (Å²) in [7, 11) is 0. The third kappa shape index (κ3) is 4.66. The fourth-order valence-electron chi connectivity index (χ4n) is 8.97. The maximum absolute atomic E-state index is 2.45. The van der Waals surface area contributed by atoms with E-state index in [0.29, 0.717) is 0 Å². The molecule has 0 heteroatoms. The van der Waals surface area contributed by atoms with Crippen molar-refractivity contribution in [1.29, 1.82) is 0 Å². The monoisotopic (exact) mass is 642 g/mol. The Morgan fingerprint density at radius 3 is 1.68 bits per heavy atom. The van der Waals surface area contributed by atoms with Crippen LogP contribution in [-0.4, -0.2) is 0 Å². The number of hydrogen-bond acceptors (Lipinski definition) is 0. The van der Waals surface area contributed by atoms with Crippen molar-refractivity contribution >= 4 is 0 Å². The molecule has 0 fully saturated rings. The molecule has 7 aromatic carbocycles.